The molecule has 1 aliphatic heterocycles. The Labute approximate surface area is 169 Å². The van der Waals surface area contributed by atoms with Crippen LogP contribution >= 0.6 is 0 Å². The molecule has 1 atom stereocenters. The van der Waals surface area contributed by atoms with Crippen molar-refractivity contribution in [2.75, 3.05) is 6.61 Å². The number of hydrogen-bond donors (Lipinski definition) is 1. The van der Waals surface area contributed by atoms with Crippen LogP contribution < -0.4 is 10.2 Å². The normalized spacial score (nSPS) is 18.1. The lowest BCUT2D eigenvalue weighted by Gasteiger charge is -2.38. The topological polar surface area (TPSA) is 41.6 Å². The predicted molar refractivity (Wildman–Crippen MR) is 106 cm³/mol. The molecule has 0 bridgehead atoms. The Bertz CT molecular complexity index is 880. The van der Waals surface area contributed by atoms with E-state index in [0.717, 1.165) is 24.3 Å². The molecule has 4 nitrogen and oxygen atoms in total. The Hall–Kier alpha value is -2.28. The highest BCUT2D eigenvalue weighted by molar-refractivity contribution is 5.91. The number of nitrogens with one attached hydrogen (secondary N) is 1. The van der Waals surface area contributed by atoms with E-state index in [1.165, 1.54) is 6.07 Å². The van der Waals surface area contributed by atoms with Crippen molar-refractivity contribution >= 4 is 16.7 Å². The van der Waals surface area contributed by atoms with E-state index in [2.05, 4.69) is 12.3 Å². The molecule has 1 N–H and O–H groups in total. The Kier molecular flexibility index (Phi) is 6.08. The fourth-order valence-electron chi connectivity index (χ4n) is 3.87. The maximum absolute atomic E-state index is 14.2. The summed E-state index contributed by atoms with van der Waals surface area (Å²) in [7, 11) is 0. The van der Waals surface area contributed by atoms with Gasteiger partial charge in [0.1, 0.15) is 5.75 Å². The molecule has 2 aromatic rings. The molecule has 1 aliphatic rings. The number of unbranched alkanes of at least 4 members (excludes halogenated alkanes) is 2. The number of carbonyl (C=O) groups is 1. The van der Waals surface area contributed by atoms with Crippen molar-refractivity contribution in [1.82, 2.24) is 10.4 Å². The number of rotatable bonds is 7. The predicted octanol–water partition coefficient (Wildman–Crippen LogP) is 5.53. The number of ether oxygens (including phenoxy) is 1. The Morgan fingerprint density at radius 1 is 1.14 bits per heavy atom. The van der Waals surface area contributed by atoms with Crippen LogP contribution in [0.3, 0.4) is 0 Å². The van der Waals surface area contributed by atoms with Crippen LogP contribution in [0.2, 0.25) is 0 Å². The molecule has 0 radical (unpaired) electrons. The van der Waals surface area contributed by atoms with Crippen LogP contribution in [0.15, 0.2) is 36.4 Å². The van der Waals surface area contributed by atoms with Gasteiger partial charge in [0.05, 0.1) is 6.61 Å². The number of carbonyl (C=O) groups excluding carboxylic acids is 1. The molecule has 0 aliphatic carbocycles. The van der Waals surface area contributed by atoms with E-state index in [1.807, 2.05) is 0 Å². The minimum absolute atomic E-state index is 0.0101. The van der Waals surface area contributed by atoms with Crippen LogP contribution in [-0.4, -0.2) is 29.2 Å². The number of fused-ring (bicyclic) bond motifs is 1. The molecule has 0 aromatic heterocycles. The molecule has 1 saturated heterocycles. The van der Waals surface area contributed by atoms with Gasteiger partial charge in [0.2, 0.25) is 5.91 Å². The van der Waals surface area contributed by atoms with Crippen molar-refractivity contribution in [2.24, 2.45) is 0 Å². The Balaban J connectivity index is 2.06. The fourth-order valence-corrected chi connectivity index (χ4v) is 3.87. The first-order valence-corrected chi connectivity index (χ1v) is 9.95. The highest BCUT2D eigenvalue weighted by Crippen LogP contribution is 2.45. The van der Waals surface area contributed by atoms with Crippen LogP contribution in [-0.2, 0) is 4.79 Å². The van der Waals surface area contributed by atoms with Crippen molar-refractivity contribution in [2.45, 2.75) is 64.2 Å². The number of benzene rings is 2. The second-order valence-electron chi connectivity index (χ2n) is 8.09. The van der Waals surface area contributed by atoms with Gasteiger partial charge in [-0.1, -0.05) is 50.1 Å². The van der Waals surface area contributed by atoms with E-state index in [4.69, 9.17) is 4.74 Å². The minimum atomic E-state index is -4.57. The first-order chi connectivity index (χ1) is 13.6. The maximum Gasteiger partial charge on any atom is 0.409 e. The first-order valence-electron chi connectivity index (χ1n) is 9.95. The second-order valence-corrected chi connectivity index (χ2v) is 8.09. The van der Waals surface area contributed by atoms with E-state index >= 15 is 0 Å². The van der Waals surface area contributed by atoms with Crippen LogP contribution in [0.4, 0.5) is 13.2 Å². The second kappa shape index (κ2) is 8.22. The van der Waals surface area contributed by atoms with E-state index < -0.39 is 23.7 Å². The molecular weight excluding hydrogens is 381 g/mol. The summed E-state index contributed by atoms with van der Waals surface area (Å²) in [6.45, 7) is 5.89. The minimum Gasteiger partial charge on any atom is -0.493 e. The Morgan fingerprint density at radius 3 is 2.41 bits per heavy atom. The van der Waals surface area contributed by atoms with E-state index in [0.29, 0.717) is 23.1 Å². The zero-order valence-corrected chi connectivity index (χ0v) is 17.0. The molecule has 1 heterocycles. The standard InChI is InChI=1S/C22H27F3N2O2/c1-4-5-8-13-29-18-12-11-17(15-9-6-7-10-16(15)18)20(22(23,24)25)27-21(2,3)14-19(28)26-27/h6-7,9-12,20H,4-5,8,13-14H2,1-3H3,(H,26,28)/t20-/m0/s1. The smallest absolute Gasteiger partial charge is 0.409 e. The molecule has 1 fully saturated rings. The molecule has 158 valence electrons. The first kappa shape index (κ1) is 21.4. The summed E-state index contributed by atoms with van der Waals surface area (Å²) in [5.41, 5.74) is 1.56. The zero-order valence-electron chi connectivity index (χ0n) is 17.0. The van der Waals surface area contributed by atoms with Gasteiger partial charge in [0.15, 0.2) is 6.04 Å². The average molecular weight is 408 g/mol. The van der Waals surface area contributed by atoms with Gasteiger partial charge in [-0.05, 0) is 37.3 Å². The van der Waals surface area contributed by atoms with Crippen molar-refractivity contribution in [3.8, 4) is 5.75 Å². The average Bonchev–Trinajstić information content (AvgIpc) is 2.91. The summed E-state index contributed by atoms with van der Waals surface area (Å²) < 4.78 is 48.5. The summed E-state index contributed by atoms with van der Waals surface area (Å²) in [4.78, 5) is 11.9. The quantitative estimate of drug-likeness (QED) is 0.613. The lowest BCUT2D eigenvalue weighted by molar-refractivity contribution is -0.203. The summed E-state index contributed by atoms with van der Waals surface area (Å²) in [5, 5.41) is 2.15. The zero-order chi connectivity index (χ0) is 21.2. The van der Waals surface area contributed by atoms with Crippen molar-refractivity contribution in [3.63, 3.8) is 0 Å². The van der Waals surface area contributed by atoms with Gasteiger partial charge < -0.3 is 4.74 Å². The lowest BCUT2D eigenvalue weighted by atomic mass is 9.93. The van der Waals surface area contributed by atoms with E-state index in [-0.39, 0.29) is 12.0 Å². The van der Waals surface area contributed by atoms with Crippen LogP contribution in [0, 0.1) is 0 Å². The van der Waals surface area contributed by atoms with Gasteiger partial charge in [-0.25, -0.2) is 0 Å². The van der Waals surface area contributed by atoms with Crippen LogP contribution in [0.25, 0.3) is 10.8 Å². The lowest BCUT2D eigenvalue weighted by Crippen LogP contribution is -2.51. The third kappa shape index (κ3) is 4.50. The molecule has 7 heteroatoms. The summed E-state index contributed by atoms with van der Waals surface area (Å²) in [5.74, 6) is 0.163. The van der Waals surface area contributed by atoms with Crippen molar-refractivity contribution < 1.29 is 22.7 Å². The third-order valence-electron chi connectivity index (χ3n) is 5.28. The molecule has 3 rings (SSSR count). The maximum atomic E-state index is 14.2. The van der Waals surface area contributed by atoms with Gasteiger partial charge in [0.25, 0.3) is 0 Å². The largest absolute Gasteiger partial charge is 0.493 e. The number of nitrogens with zero attached hydrogens (tertiary/aromatic N) is 1. The van der Waals surface area contributed by atoms with E-state index in [1.54, 1.807) is 44.2 Å². The van der Waals surface area contributed by atoms with Crippen LogP contribution in [0.5, 0.6) is 5.75 Å². The highest BCUT2D eigenvalue weighted by atomic mass is 19.4. The highest BCUT2D eigenvalue weighted by Gasteiger charge is 2.53. The Morgan fingerprint density at radius 2 is 1.83 bits per heavy atom. The van der Waals surface area contributed by atoms with Crippen molar-refractivity contribution in [1.29, 1.82) is 0 Å². The SMILES string of the molecule is CCCCCOc1ccc([C@H](N2NC(=O)CC2(C)C)C(F)(F)F)c2ccccc12. The fraction of sp³-hybridized carbons (Fsp3) is 0.500. The molecule has 29 heavy (non-hydrogen) atoms. The number of halogens is 3. The van der Waals surface area contributed by atoms with Gasteiger partial charge in [-0.3, -0.25) is 10.2 Å². The number of hydrazine groups is 1. The summed E-state index contributed by atoms with van der Waals surface area (Å²) in [6, 6.07) is 8.07. The van der Waals surface area contributed by atoms with E-state index in [9.17, 15) is 18.0 Å². The third-order valence-corrected chi connectivity index (χ3v) is 5.28. The number of amides is 1. The summed E-state index contributed by atoms with van der Waals surface area (Å²) >= 11 is 0. The van der Waals surface area contributed by atoms with Gasteiger partial charge in [-0.2, -0.15) is 18.2 Å². The van der Waals surface area contributed by atoms with Crippen LogP contribution in [0.1, 0.15) is 58.1 Å². The molecule has 1 amide bonds. The number of hydrogen-bond acceptors (Lipinski definition) is 3. The molecule has 0 saturated carbocycles. The monoisotopic (exact) mass is 408 g/mol. The van der Waals surface area contributed by atoms with Crippen molar-refractivity contribution in [3.05, 3.63) is 42.0 Å². The molecule has 0 spiro atoms. The molecular formula is C22H27F3N2O2. The summed E-state index contributed by atoms with van der Waals surface area (Å²) in [6.07, 6.45) is -1.56. The van der Waals surface area contributed by atoms with Gasteiger partial charge >= 0.3 is 6.18 Å². The molecule has 2 aromatic carbocycles. The van der Waals surface area contributed by atoms with Gasteiger partial charge in [-0.15, -0.1) is 0 Å². The number of alkyl halides is 3. The molecule has 0 unspecified atom stereocenters. The van der Waals surface area contributed by atoms with Gasteiger partial charge in [0, 0.05) is 17.3 Å².